The number of benzene rings is 2. The zero-order chi connectivity index (χ0) is 14.4. The van der Waals surface area contributed by atoms with Crippen LogP contribution < -0.4 is 4.74 Å². The Morgan fingerprint density at radius 3 is 2.25 bits per heavy atom. The summed E-state index contributed by atoms with van der Waals surface area (Å²) in [6.45, 7) is 4.61. The molecule has 20 heavy (non-hydrogen) atoms. The van der Waals surface area contributed by atoms with E-state index in [9.17, 15) is 4.79 Å². The van der Waals surface area contributed by atoms with Gasteiger partial charge in [0.1, 0.15) is 5.75 Å². The quantitative estimate of drug-likeness (QED) is 0.738. The van der Waals surface area contributed by atoms with Crippen LogP contribution in [-0.2, 0) is 12.8 Å². The van der Waals surface area contributed by atoms with Crippen molar-refractivity contribution in [2.45, 2.75) is 26.7 Å². The molecule has 0 unspecified atom stereocenters. The molecule has 0 heterocycles. The number of Topliss-reactive ketones (excluding diaryl/α,β-unsaturated/α-hetero) is 1. The van der Waals surface area contributed by atoms with Gasteiger partial charge in [0.25, 0.3) is 0 Å². The van der Waals surface area contributed by atoms with Crippen LogP contribution in [0.3, 0.4) is 0 Å². The minimum absolute atomic E-state index is 0.0956. The average molecular weight is 268 g/mol. The van der Waals surface area contributed by atoms with Crippen molar-refractivity contribution >= 4 is 5.78 Å². The predicted molar refractivity (Wildman–Crippen MR) is 81.5 cm³/mol. The van der Waals surface area contributed by atoms with Crippen molar-refractivity contribution in [2.75, 3.05) is 6.61 Å². The van der Waals surface area contributed by atoms with Gasteiger partial charge in [-0.25, -0.2) is 0 Å². The van der Waals surface area contributed by atoms with Crippen LogP contribution in [-0.4, -0.2) is 12.4 Å². The highest BCUT2D eigenvalue weighted by Crippen LogP contribution is 2.20. The van der Waals surface area contributed by atoms with E-state index in [1.807, 2.05) is 43.3 Å². The Kier molecular flexibility index (Phi) is 4.94. The number of carbonyl (C=O) groups excluding carboxylic acids is 1. The summed E-state index contributed by atoms with van der Waals surface area (Å²) in [6.07, 6.45) is 1.43. The summed E-state index contributed by atoms with van der Waals surface area (Å²) in [5.41, 5.74) is 2.99. The van der Waals surface area contributed by atoms with Crippen molar-refractivity contribution in [3.8, 4) is 5.75 Å². The number of aryl methyl sites for hydroxylation is 1. The highest BCUT2D eigenvalue weighted by atomic mass is 16.5. The molecule has 2 aromatic rings. The van der Waals surface area contributed by atoms with E-state index in [2.05, 4.69) is 19.1 Å². The van der Waals surface area contributed by atoms with Gasteiger partial charge in [0.15, 0.2) is 5.78 Å². The number of rotatable bonds is 6. The smallest absolute Gasteiger partial charge is 0.170 e. The zero-order valence-electron chi connectivity index (χ0n) is 12.1. The largest absolute Gasteiger partial charge is 0.493 e. The molecule has 0 aromatic heterocycles. The standard InChI is InChI=1S/C18H20O2/c1-3-14-9-11-15(12-10-14)13-17(19)16-7-5-6-8-18(16)20-4-2/h5-12H,3-4,13H2,1-2H3. The molecule has 0 spiro atoms. The first-order chi connectivity index (χ1) is 9.74. The van der Waals surface area contributed by atoms with E-state index in [0.717, 1.165) is 12.0 Å². The summed E-state index contributed by atoms with van der Waals surface area (Å²) in [4.78, 5) is 12.4. The van der Waals surface area contributed by atoms with Gasteiger partial charge in [0.2, 0.25) is 0 Å². The maximum absolute atomic E-state index is 12.4. The van der Waals surface area contributed by atoms with E-state index in [1.165, 1.54) is 5.56 Å². The van der Waals surface area contributed by atoms with Gasteiger partial charge >= 0.3 is 0 Å². The second-order valence-corrected chi connectivity index (χ2v) is 4.70. The molecule has 2 aromatic carbocycles. The molecule has 0 saturated heterocycles. The SMILES string of the molecule is CCOc1ccccc1C(=O)Cc1ccc(CC)cc1. The average Bonchev–Trinajstić information content (AvgIpc) is 2.49. The molecule has 0 bridgehead atoms. The van der Waals surface area contributed by atoms with Crippen LogP contribution >= 0.6 is 0 Å². The normalized spacial score (nSPS) is 10.3. The second kappa shape index (κ2) is 6.90. The Morgan fingerprint density at radius 1 is 0.950 bits per heavy atom. The van der Waals surface area contributed by atoms with Gasteiger partial charge in [-0.05, 0) is 36.6 Å². The topological polar surface area (TPSA) is 26.3 Å². The zero-order valence-corrected chi connectivity index (χ0v) is 12.1. The third-order valence-electron chi connectivity index (χ3n) is 3.28. The Labute approximate surface area is 120 Å². The minimum atomic E-state index is 0.0956. The molecule has 0 fully saturated rings. The molecule has 0 saturated carbocycles. The van der Waals surface area contributed by atoms with Crippen LogP contribution in [0.25, 0.3) is 0 Å². The molecule has 2 rings (SSSR count). The molecular formula is C18H20O2. The lowest BCUT2D eigenvalue weighted by molar-refractivity contribution is 0.0989. The van der Waals surface area contributed by atoms with Gasteiger partial charge in [0.05, 0.1) is 12.2 Å². The summed E-state index contributed by atoms with van der Waals surface area (Å²) < 4.78 is 5.51. The third-order valence-corrected chi connectivity index (χ3v) is 3.28. The van der Waals surface area contributed by atoms with E-state index in [1.54, 1.807) is 0 Å². The number of ketones is 1. The summed E-state index contributed by atoms with van der Waals surface area (Å²) in [5.74, 6) is 0.767. The molecule has 0 radical (unpaired) electrons. The molecule has 2 nitrogen and oxygen atoms in total. The summed E-state index contributed by atoms with van der Waals surface area (Å²) >= 11 is 0. The number of hydrogen-bond donors (Lipinski definition) is 0. The van der Waals surface area contributed by atoms with Gasteiger partial charge in [0, 0.05) is 6.42 Å². The lowest BCUT2D eigenvalue weighted by atomic mass is 10.0. The lowest BCUT2D eigenvalue weighted by Gasteiger charge is -2.09. The maximum atomic E-state index is 12.4. The molecule has 0 aliphatic rings. The maximum Gasteiger partial charge on any atom is 0.170 e. The van der Waals surface area contributed by atoms with Gasteiger partial charge in [-0.3, -0.25) is 4.79 Å². The molecule has 0 atom stereocenters. The van der Waals surface area contributed by atoms with Gasteiger partial charge < -0.3 is 4.74 Å². The Balaban J connectivity index is 2.15. The first-order valence-corrected chi connectivity index (χ1v) is 7.07. The van der Waals surface area contributed by atoms with E-state index < -0.39 is 0 Å². The predicted octanol–water partition coefficient (Wildman–Crippen LogP) is 4.07. The van der Waals surface area contributed by atoms with Crippen LogP contribution in [0.4, 0.5) is 0 Å². The first-order valence-electron chi connectivity index (χ1n) is 7.07. The highest BCUT2D eigenvalue weighted by Gasteiger charge is 2.12. The van der Waals surface area contributed by atoms with E-state index >= 15 is 0 Å². The van der Waals surface area contributed by atoms with Crippen LogP contribution in [0.2, 0.25) is 0 Å². The summed E-state index contributed by atoms with van der Waals surface area (Å²) in [5, 5.41) is 0. The summed E-state index contributed by atoms with van der Waals surface area (Å²) in [7, 11) is 0. The van der Waals surface area contributed by atoms with Crippen molar-refractivity contribution in [3.63, 3.8) is 0 Å². The number of hydrogen-bond acceptors (Lipinski definition) is 2. The highest BCUT2D eigenvalue weighted by molar-refractivity contribution is 5.99. The van der Waals surface area contributed by atoms with Crippen LogP contribution in [0.15, 0.2) is 48.5 Å². The molecule has 2 heteroatoms. The molecule has 0 N–H and O–H groups in total. The fourth-order valence-corrected chi connectivity index (χ4v) is 2.15. The van der Waals surface area contributed by atoms with Crippen molar-refractivity contribution in [1.82, 2.24) is 0 Å². The Bertz CT molecular complexity index is 570. The number of carbonyl (C=O) groups is 1. The van der Waals surface area contributed by atoms with Crippen molar-refractivity contribution in [1.29, 1.82) is 0 Å². The fourth-order valence-electron chi connectivity index (χ4n) is 2.15. The van der Waals surface area contributed by atoms with Crippen molar-refractivity contribution < 1.29 is 9.53 Å². The number of ether oxygens (including phenoxy) is 1. The molecule has 0 aliphatic carbocycles. The fraction of sp³-hybridized carbons (Fsp3) is 0.278. The molecule has 104 valence electrons. The summed E-state index contributed by atoms with van der Waals surface area (Å²) in [6, 6.07) is 15.6. The van der Waals surface area contributed by atoms with Crippen molar-refractivity contribution in [3.05, 3.63) is 65.2 Å². The number of para-hydroxylation sites is 1. The monoisotopic (exact) mass is 268 g/mol. The Morgan fingerprint density at radius 2 is 1.60 bits per heavy atom. The van der Waals surface area contributed by atoms with E-state index in [4.69, 9.17) is 4.74 Å². The van der Waals surface area contributed by atoms with Gasteiger partial charge in [-0.2, -0.15) is 0 Å². The molecular weight excluding hydrogens is 248 g/mol. The van der Waals surface area contributed by atoms with Crippen LogP contribution in [0.1, 0.15) is 35.3 Å². The molecule has 0 aliphatic heterocycles. The van der Waals surface area contributed by atoms with Gasteiger partial charge in [-0.1, -0.05) is 43.3 Å². The Hall–Kier alpha value is -2.09. The van der Waals surface area contributed by atoms with Crippen LogP contribution in [0.5, 0.6) is 5.75 Å². The third kappa shape index (κ3) is 3.47. The molecule has 0 amide bonds. The van der Waals surface area contributed by atoms with E-state index in [-0.39, 0.29) is 5.78 Å². The minimum Gasteiger partial charge on any atom is -0.493 e. The first kappa shape index (κ1) is 14.3. The van der Waals surface area contributed by atoms with E-state index in [0.29, 0.717) is 24.3 Å². The lowest BCUT2D eigenvalue weighted by Crippen LogP contribution is -2.07. The van der Waals surface area contributed by atoms with Crippen LogP contribution in [0, 0.1) is 0 Å². The van der Waals surface area contributed by atoms with Gasteiger partial charge in [-0.15, -0.1) is 0 Å². The van der Waals surface area contributed by atoms with Crippen molar-refractivity contribution in [2.24, 2.45) is 0 Å². The second-order valence-electron chi connectivity index (χ2n) is 4.70.